The van der Waals surface area contributed by atoms with E-state index in [9.17, 15) is 19.1 Å². The summed E-state index contributed by atoms with van der Waals surface area (Å²) in [6.07, 6.45) is 1.74. The number of fused-ring (bicyclic) bond motifs is 1. The summed E-state index contributed by atoms with van der Waals surface area (Å²) >= 11 is 0. The van der Waals surface area contributed by atoms with E-state index in [1.54, 1.807) is 24.0 Å². The predicted octanol–water partition coefficient (Wildman–Crippen LogP) is 4.32. The molecule has 0 bridgehead atoms. The highest BCUT2D eigenvalue weighted by molar-refractivity contribution is 6.10. The molecule has 5 heteroatoms. The van der Waals surface area contributed by atoms with Crippen molar-refractivity contribution in [2.24, 2.45) is 5.92 Å². The highest BCUT2D eigenvalue weighted by atomic mass is 19.1. The number of carbonyl (C=O) groups excluding carboxylic acids is 1. The molecule has 1 aliphatic carbocycles. The molecule has 0 saturated heterocycles. The smallest absolute Gasteiger partial charge is 0.332 e. The van der Waals surface area contributed by atoms with Gasteiger partial charge in [-0.2, -0.15) is 0 Å². The number of carbonyl (C=O) groups is 2. The molecule has 0 atom stereocenters. The fraction of sp³-hybridized carbons (Fsp3) is 0.273. The van der Waals surface area contributed by atoms with E-state index in [0.29, 0.717) is 16.8 Å². The summed E-state index contributed by atoms with van der Waals surface area (Å²) < 4.78 is 14.0. The Morgan fingerprint density at radius 2 is 1.96 bits per heavy atom. The molecule has 0 radical (unpaired) electrons. The van der Waals surface area contributed by atoms with Crippen molar-refractivity contribution in [3.8, 4) is 0 Å². The number of amides is 1. The van der Waals surface area contributed by atoms with Gasteiger partial charge in [0.1, 0.15) is 5.82 Å². The number of nitrogens with zero attached hydrogens (tertiary/aromatic N) is 1. The molecule has 138 valence electrons. The average molecular weight is 365 g/mol. The number of allylic oxidation sites excluding steroid dienone is 1. The highest BCUT2D eigenvalue weighted by Gasteiger charge is 2.37. The SMILES string of the molecule is Cc1ccc(CN2C(=O)CC(C(=O)O)=C(C3CC3)c3ccccc32)cc1F. The molecule has 2 aromatic carbocycles. The van der Waals surface area contributed by atoms with Crippen molar-refractivity contribution < 1.29 is 19.1 Å². The quantitative estimate of drug-likeness (QED) is 0.878. The average Bonchev–Trinajstić information content (AvgIpc) is 3.47. The number of aryl methyl sites for hydroxylation is 1. The maximum atomic E-state index is 14.0. The number of hydrogen-bond donors (Lipinski definition) is 1. The molecule has 4 rings (SSSR count). The van der Waals surface area contributed by atoms with E-state index in [-0.39, 0.29) is 36.2 Å². The van der Waals surface area contributed by atoms with E-state index in [1.165, 1.54) is 6.07 Å². The lowest BCUT2D eigenvalue weighted by molar-refractivity contribution is -0.133. The lowest BCUT2D eigenvalue weighted by Crippen LogP contribution is -2.30. The molecule has 2 aromatic rings. The Hall–Kier alpha value is -2.95. The molecule has 1 aliphatic heterocycles. The van der Waals surface area contributed by atoms with Crippen molar-refractivity contribution in [1.29, 1.82) is 0 Å². The first kappa shape index (κ1) is 17.5. The predicted molar refractivity (Wildman–Crippen MR) is 101 cm³/mol. The minimum absolute atomic E-state index is 0.149. The standard InChI is InChI=1S/C22H20FNO3/c1-13-6-7-14(10-18(13)23)12-24-19-5-3-2-4-16(19)21(15-8-9-15)17(22(26)27)11-20(24)25/h2-7,10,15H,8-9,11-12H2,1H3,(H,26,27). The van der Waals surface area contributed by atoms with Crippen LogP contribution in [0.2, 0.25) is 0 Å². The van der Waals surface area contributed by atoms with Gasteiger partial charge >= 0.3 is 5.97 Å². The molecule has 27 heavy (non-hydrogen) atoms. The second-order valence-electron chi connectivity index (χ2n) is 7.23. The first-order chi connectivity index (χ1) is 13.0. The summed E-state index contributed by atoms with van der Waals surface area (Å²) in [6, 6.07) is 12.3. The monoisotopic (exact) mass is 365 g/mol. The molecule has 0 unspecified atom stereocenters. The maximum Gasteiger partial charge on any atom is 0.332 e. The Morgan fingerprint density at radius 3 is 2.63 bits per heavy atom. The molecule has 1 saturated carbocycles. The fourth-order valence-electron chi connectivity index (χ4n) is 3.70. The summed E-state index contributed by atoms with van der Waals surface area (Å²) in [5.74, 6) is -1.44. The van der Waals surface area contributed by atoms with Crippen molar-refractivity contribution in [2.45, 2.75) is 32.7 Å². The molecular formula is C22H20FNO3. The second kappa shape index (κ2) is 6.65. The summed E-state index contributed by atoms with van der Waals surface area (Å²) in [6.45, 7) is 1.90. The van der Waals surface area contributed by atoms with Crippen LogP contribution in [0.1, 0.15) is 36.0 Å². The van der Waals surface area contributed by atoms with E-state index in [2.05, 4.69) is 0 Å². The number of halogens is 1. The van der Waals surface area contributed by atoms with E-state index in [0.717, 1.165) is 24.0 Å². The van der Waals surface area contributed by atoms with Gasteiger partial charge < -0.3 is 10.0 Å². The van der Waals surface area contributed by atoms with Gasteiger partial charge in [0.25, 0.3) is 0 Å². The summed E-state index contributed by atoms with van der Waals surface area (Å²) in [5, 5.41) is 9.72. The van der Waals surface area contributed by atoms with Crippen molar-refractivity contribution in [3.63, 3.8) is 0 Å². The third-order valence-corrected chi connectivity index (χ3v) is 5.26. The number of rotatable bonds is 4. The minimum Gasteiger partial charge on any atom is -0.478 e. The highest BCUT2D eigenvalue weighted by Crippen LogP contribution is 2.48. The third kappa shape index (κ3) is 3.25. The van der Waals surface area contributed by atoms with Crippen LogP contribution in [-0.2, 0) is 16.1 Å². The van der Waals surface area contributed by atoms with E-state index in [1.807, 2.05) is 24.3 Å². The third-order valence-electron chi connectivity index (χ3n) is 5.26. The molecule has 1 heterocycles. The number of carboxylic acid groups (broad SMARTS) is 1. The fourth-order valence-corrected chi connectivity index (χ4v) is 3.70. The van der Waals surface area contributed by atoms with Gasteiger partial charge in [-0.05, 0) is 54.5 Å². The molecule has 1 amide bonds. The zero-order valence-electron chi connectivity index (χ0n) is 15.0. The largest absolute Gasteiger partial charge is 0.478 e. The summed E-state index contributed by atoms with van der Waals surface area (Å²) in [7, 11) is 0. The Balaban J connectivity index is 1.80. The molecule has 0 spiro atoms. The Bertz CT molecular complexity index is 975. The molecule has 2 aliphatic rings. The zero-order valence-corrected chi connectivity index (χ0v) is 15.0. The number of benzene rings is 2. The van der Waals surface area contributed by atoms with Crippen LogP contribution in [0.15, 0.2) is 48.0 Å². The normalized spacial score (nSPS) is 17.0. The molecular weight excluding hydrogens is 345 g/mol. The first-order valence-corrected chi connectivity index (χ1v) is 9.07. The number of para-hydroxylation sites is 1. The first-order valence-electron chi connectivity index (χ1n) is 9.07. The van der Waals surface area contributed by atoms with Crippen molar-refractivity contribution in [3.05, 3.63) is 70.5 Å². The van der Waals surface area contributed by atoms with Gasteiger partial charge in [-0.25, -0.2) is 9.18 Å². The molecule has 1 fully saturated rings. The van der Waals surface area contributed by atoms with Gasteiger partial charge in [-0.15, -0.1) is 0 Å². The van der Waals surface area contributed by atoms with Gasteiger partial charge in [0.15, 0.2) is 0 Å². The number of anilines is 1. The van der Waals surface area contributed by atoms with Crippen LogP contribution in [0.4, 0.5) is 10.1 Å². The number of carboxylic acids is 1. The van der Waals surface area contributed by atoms with Crippen LogP contribution in [0, 0.1) is 18.7 Å². The lowest BCUT2D eigenvalue weighted by atomic mass is 9.94. The van der Waals surface area contributed by atoms with Crippen LogP contribution in [0.5, 0.6) is 0 Å². The molecule has 4 nitrogen and oxygen atoms in total. The van der Waals surface area contributed by atoms with E-state index in [4.69, 9.17) is 0 Å². The minimum atomic E-state index is -1.04. The molecule has 1 N–H and O–H groups in total. The number of hydrogen-bond acceptors (Lipinski definition) is 2. The van der Waals surface area contributed by atoms with Crippen molar-refractivity contribution in [2.75, 3.05) is 4.90 Å². The van der Waals surface area contributed by atoms with Gasteiger partial charge in [0.05, 0.1) is 24.2 Å². The van der Waals surface area contributed by atoms with Crippen LogP contribution in [0.25, 0.3) is 5.57 Å². The van der Waals surface area contributed by atoms with E-state index < -0.39 is 5.97 Å². The number of aliphatic carboxylic acids is 1. The summed E-state index contributed by atoms with van der Waals surface area (Å²) in [5.41, 5.74) is 3.69. The summed E-state index contributed by atoms with van der Waals surface area (Å²) in [4.78, 5) is 26.4. The van der Waals surface area contributed by atoms with Gasteiger partial charge in [-0.1, -0.05) is 30.3 Å². The van der Waals surface area contributed by atoms with Crippen LogP contribution in [-0.4, -0.2) is 17.0 Å². The van der Waals surface area contributed by atoms with Gasteiger partial charge in [0, 0.05) is 5.56 Å². The van der Waals surface area contributed by atoms with Crippen molar-refractivity contribution >= 4 is 23.1 Å². The van der Waals surface area contributed by atoms with Crippen LogP contribution < -0.4 is 4.90 Å². The Morgan fingerprint density at radius 1 is 1.22 bits per heavy atom. The Labute approximate surface area is 156 Å². The topological polar surface area (TPSA) is 57.6 Å². The Kier molecular flexibility index (Phi) is 4.30. The van der Waals surface area contributed by atoms with Gasteiger partial charge in [0.2, 0.25) is 5.91 Å². The van der Waals surface area contributed by atoms with Crippen LogP contribution >= 0.6 is 0 Å². The molecule has 0 aromatic heterocycles. The lowest BCUT2D eigenvalue weighted by Gasteiger charge is -2.24. The van der Waals surface area contributed by atoms with Gasteiger partial charge in [-0.3, -0.25) is 4.79 Å². The van der Waals surface area contributed by atoms with E-state index >= 15 is 0 Å². The second-order valence-corrected chi connectivity index (χ2v) is 7.23. The van der Waals surface area contributed by atoms with Crippen molar-refractivity contribution in [1.82, 2.24) is 0 Å². The zero-order chi connectivity index (χ0) is 19.1. The maximum absolute atomic E-state index is 14.0. The van der Waals surface area contributed by atoms with Crippen LogP contribution in [0.3, 0.4) is 0 Å².